The lowest BCUT2D eigenvalue weighted by Gasteiger charge is -2.22. The minimum Gasteiger partial charge on any atom is -0.480 e. The van der Waals surface area contributed by atoms with Crippen LogP contribution in [-0.4, -0.2) is 28.6 Å². The van der Waals surface area contributed by atoms with Crippen molar-refractivity contribution in [3.05, 3.63) is 36.0 Å². The first kappa shape index (κ1) is 13.2. The molecule has 0 amide bonds. The maximum Gasteiger partial charge on any atom is 0.232 e. The van der Waals surface area contributed by atoms with Crippen molar-refractivity contribution in [2.24, 2.45) is 0 Å². The fourth-order valence-corrected chi connectivity index (χ4v) is 3.71. The fourth-order valence-electron chi connectivity index (χ4n) is 2.73. The largest absolute Gasteiger partial charge is 0.480 e. The van der Waals surface area contributed by atoms with E-state index in [0.29, 0.717) is 11.7 Å². The number of hydrogen-bond donors (Lipinski definition) is 0. The quantitative estimate of drug-likeness (QED) is 0.849. The Morgan fingerprint density at radius 3 is 3.05 bits per heavy atom. The molecule has 2 aliphatic heterocycles. The Morgan fingerprint density at radius 1 is 1.29 bits per heavy atom. The van der Waals surface area contributed by atoms with Gasteiger partial charge in [-0.15, -0.1) is 11.8 Å². The topological polar surface area (TPSA) is 57.4 Å². The van der Waals surface area contributed by atoms with Crippen LogP contribution >= 0.6 is 11.8 Å². The van der Waals surface area contributed by atoms with Gasteiger partial charge in [0, 0.05) is 17.3 Å². The van der Waals surface area contributed by atoms with Gasteiger partial charge in [-0.3, -0.25) is 0 Å². The summed E-state index contributed by atoms with van der Waals surface area (Å²) in [5, 5.41) is 4.11. The molecule has 3 atom stereocenters. The second-order valence-corrected chi connectivity index (χ2v) is 6.39. The molecular weight excluding hydrogens is 288 g/mol. The van der Waals surface area contributed by atoms with E-state index in [0.717, 1.165) is 29.4 Å². The van der Waals surface area contributed by atoms with Gasteiger partial charge in [-0.1, -0.05) is 17.3 Å². The first-order valence-corrected chi connectivity index (χ1v) is 8.13. The van der Waals surface area contributed by atoms with Gasteiger partial charge in [0.15, 0.2) is 6.10 Å². The van der Waals surface area contributed by atoms with Crippen LogP contribution < -0.4 is 4.74 Å². The van der Waals surface area contributed by atoms with E-state index in [-0.39, 0.29) is 18.1 Å². The van der Waals surface area contributed by atoms with Crippen LogP contribution in [0.15, 0.2) is 33.7 Å². The molecule has 2 aliphatic rings. The van der Waals surface area contributed by atoms with Crippen LogP contribution in [0.3, 0.4) is 0 Å². The van der Waals surface area contributed by atoms with Crippen LogP contribution in [0.25, 0.3) is 0 Å². The van der Waals surface area contributed by atoms with Crippen molar-refractivity contribution in [2.45, 2.75) is 36.4 Å². The molecule has 0 aliphatic carbocycles. The van der Waals surface area contributed by atoms with Crippen LogP contribution in [0.2, 0.25) is 0 Å². The number of ether oxygens (including phenoxy) is 2. The Kier molecular flexibility index (Phi) is 3.35. The minimum atomic E-state index is -0.153. The fraction of sp³-hybridized carbons (Fsp3) is 0.467. The Balaban J connectivity index is 1.54. The van der Waals surface area contributed by atoms with Crippen LogP contribution in [0, 0.1) is 0 Å². The summed E-state index contributed by atoms with van der Waals surface area (Å²) in [4.78, 5) is 5.71. The highest BCUT2D eigenvalue weighted by Gasteiger charge is 2.33. The molecule has 1 aromatic heterocycles. The average molecular weight is 304 g/mol. The summed E-state index contributed by atoms with van der Waals surface area (Å²) in [5.74, 6) is 3.19. The lowest BCUT2D eigenvalue weighted by Crippen LogP contribution is -2.16. The summed E-state index contributed by atoms with van der Waals surface area (Å²) in [6.07, 6.45) is 0.923. The molecule has 0 saturated carbocycles. The Bertz CT molecular complexity index is 645. The van der Waals surface area contributed by atoms with Gasteiger partial charge in [-0.2, -0.15) is 4.98 Å². The minimum absolute atomic E-state index is 0.140. The number of fused-ring (bicyclic) bond motifs is 1. The summed E-state index contributed by atoms with van der Waals surface area (Å²) < 4.78 is 17.0. The molecule has 2 aromatic rings. The first-order chi connectivity index (χ1) is 10.3. The van der Waals surface area contributed by atoms with Gasteiger partial charge >= 0.3 is 0 Å². The van der Waals surface area contributed by atoms with Gasteiger partial charge in [0.05, 0.1) is 12.0 Å². The number of hydrogen-bond acceptors (Lipinski definition) is 6. The molecule has 1 unspecified atom stereocenters. The third kappa shape index (κ3) is 2.42. The van der Waals surface area contributed by atoms with Crippen molar-refractivity contribution in [2.75, 3.05) is 12.4 Å². The normalized spacial score (nSPS) is 28.1. The van der Waals surface area contributed by atoms with Gasteiger partial charge in [-0.25, -0.2) is 0 Å². The van der Waals surface area contributed by atoms with Gasteiger partial charge < -0.3 is 14.0 Å². The van der Waals surface area contributed by atoms with Gasteiger partial charge in [-0.05, 0) is 25.5 Å². The van der Waals surface area contributed by atoms with E-state index in [4.69, 9.17) is 14.0 Å². The number of rotatable bonds is 2. The van der Waals surface area contributed by atoms with Gasteiger partial charge in [0.25, 0.3) is 0 Å². The zero-order valence-corrected chi connectivity index (χ0v) is 12.5. The Hall–Kier alpha value is -1.53. The summed E-state index contributed by atoms with van der Waals surface area (Å²) in [7, 11) is 0. The van der Waals surface area contributed by atoms with E-state index in [1.54, 1.807) is 11.8 Å². The van der Waals surface area contributed by atoms with Crippen LogP contribution in [0.5, 0.6) is 5.75 Å². The molecule has 0 N–H and O–H groups in total. The van der Waals surface area contributed by atoms with Crippen molar-refractivity contribution >= 4 is 11.8 Å². The van der Waals surface area contributed by atoms with E-state index in [2.05, 4.69) is 16.2 Å². The number of thioether (sulfide) groups is 1. The highest BCUT2D eigenvalue weighted by Crippen LogP contribution is 2.40. The molecule has 5 nitrogen and oxygen atoms in total. The van der Waals surface area contributed by atoms with E-state index in [9.17, 15) is 0 Å². The zero-order valence-electron chi connectivity index (χ0n) is 11.7. The third-order valence-corrected chi connectivity index (χ3v) is 5.07. The van der Waals surface area contributed by atoms with Crippen molar-refractivity contribution in [1.82, 2.24) is 10.1 Å². The molecule has 0 spiro atoms. The van der Waals surface area contributed by atoms with Gasteiger partial charge in [0.2, 0.25) is 11.7 Å². The predicted octanol–water partition coefficient (Wildman–Crippen LogP) is 3.19. The van der Waals surface area contributed by atoms with Crippen LogP contribution in [0.4, 0.5) is 0 Å². The maximum absolute atomic E-state index is 5.98. The van der Waals surface area contributed by atoms with Gasteiger partial charge in [0.1, 0.15) is 5.75 Å². The molecule has 6 heteroatoms. The SMILES string of the molecule is C[C@@H]1OCC[C@@H]1c1nc(C2CSc3ccccc3O2)no1. The monoisotopic (exact) mass is 304 g/mol. The number of para-hydroxylation sites is 1. The second-order valence-electron chi connectivity index (χ2n) is 5.33. The molecular formula is C15H16N2O3S. The number of benzene rings is 1. The van der Waals surface area contributed by atoms with Crippen molar-refractivity contribution in [3.8, 4) is 5.75 Å². The summed E-state index contributed by atoms with van der Waals surface area (Å²) in [5.41, 5.74) is 0. The van der Waals surface area contributed by atoms with Crippen LogP contribution in [0.1, 0.15) is 37.1 Å². The van der Waals surface area contributed by atoms with E-state index >= 15 is 0 Å². The smallest absolute Gasteiger partial charge is 0.232 e. The standard InChI is InChI=1S/C15H16N2O3S/c1-9-10(6-7-18-9)15-16-14(17-20-15)12-8-21-13-5-3-2-4-11(13)19-12/h2-5,9-10,12H,6-8H2,1H3/t9-,10-,12?/m0/s1. The molecule has 1 fully saturated rings. The van der Waals surface area contributed by atoms with Crippen LogP contribution in [-0.2, 0) is 4.74 Å². The molecule has 1 saturated heterocycles. The number of nitrogens with zero attached hydrogens (tertiary/aromatic N) is 2. The van der Waals surface area contributed by atoms with E-state index in [1.165, 1.54) is 0 Å². The Labute approximate surface area is 127 Å². The van der Waals surface area contributed by atoms with E-state index in [1.807, 2.05) is 25.1 Å². The lowest BCUT2D eigenvalue weighted by atomic mass is 10.0. The molecule has 0 bridgehead atoms. The number of aromatic nitrogens is 2. The molecule has 1 aromatic carbocycles. The average Bonchev–Trinajstić information content (AvgIpc) is 3.15. The molecule has 0 radical (unpaired) electrons. The molecule has 21 heavy (non-hydrogen) atoms. The second kappa shape index (κ2) is 5.35. The lowest BCUT2D eigenvalue weighted by molar-refractivity contribution is 0.113. The summed E-state index contributed by atoms with van der Waals surface area (Å²) >= 11 is 1.76. The van der Waals surface area contributed by atoms with E-state index < -0.39 is 0 Å². The summed E-state index contributed by atoms with van der Waals surface area (Å²) in [6.45, 7) is 2.80. The van der Waals surface area contributed by atoms with Crippen molar-refractivity contribution < 1.29 is 14.0 Å². The molecule has 110 valence electrons. The summed E-state index contributed by atoms with van der Waals surface area (Å²) in [6, 6.07) is 8.03. The maximum atomic E-state index is 5.98. The Morgan fingerprint density at radius 2 is 2.19 bits per heavy atom. The molecule has 4 rings (SSSR count). The molecule has 3 heterocycles. The highest BCUT2D eigenvalue weighted by atomic mass is 32.2. The van der Waals surface area contributed by atoms with Crippen molar-refractivity contribution in [1.29, 1.82) is 0 Å². The first-order valence-electron chi connectivity index (χ1n) is 7.15. The van der Waals surface area contributed by atoms with Crippen molar-refractivity contribution in [3.63, 3.8) is 0 Å². The zero-order chi connectivity index (χ0) is 14.2. The third-order valence-electron chi connectivity index (χ3n) is 3.95. The highest BCUT2D eigenvalue weighted by molar-refractivity contribution is 7.99. The predicted molar refractivity (Wildman–Crippen MR) is 77.6 cm³/mol.